The van der Waals surface area contributed by atoms with Gasteiger partial charge in [0, 0.05) is 12.8 Å². The summed E-state index contributed by atoms with van der Waals surface area (Å²) in [7, 11) is 0. The highest BCUT2D eigenvalue weighted by Gasteiger charge is 2.50. The van der Waals surface area contributed by atoms with E-state index in [4.69, 9.17) is 9.47 Å². The van der Waals surface area contributed by atoms with E-state index in [2.05, 4.69) is 26.9 Å². The molecule has 7 nitrogen and oxygen atoms in total. The lowest BCUT2D eigenvalue weighted by Gasteiger charge is -2.28. The summed E-state index contributed by atoms with van der Waals surface area (Å²) in [5.41, 5.74) is -1.52. The van der Waals surface area contributed by atoms with Gasteiger partial charge in [-0.2, -0.15) is 13.2 Å². The number of hydrogen-bond donors (Lipinski definition) is 0. The first-order chi connectivity index (χ1) is 13.9. The SMILES string of the molecule is C=N/C(OC(C)(C)C(F)(F)F)=C(F)\C=C(/C)c1cn2c([C@H](C)OCC)nnc2cn1. The van der Waals surface area contributed by atoms with Gasteiger partial charge >= 0.3 is 6.18 Å². The molecule has 0 amide bonds. The van der Waals surface area contributed by atoms with Gasteiger partial charge in [0.05, 0.1) is 11.9 Å². The van der Waals surface area contributed by atoms with Gasteiger partial charge in [0.2, 0.25) is 0 Å². The topological polar surface area (TPSA) is 73.9 Å². The van der Waals surface area contributed by atoms with Crippen LogP contribution in [0.3, 0.4) is 0 Å². The molecule has 11 heteroatoms. The van der Waals surface area contributed by atoms with Crippen molar-refractivity contribution >= 4 is 17.9 Å². The predicted molar refractivity (Wildman–Crippen MR) is 103 cm³/mol. The van der Waals surface area contributed by atoms with Crippen molar-refractivity contribution in [3.05, 3.63) is 41.7 Å². The van der Waals surface area contributed by atoms with Crippen molar-refractivity contribution in [2.75, 3.05) is 6.61 Å². The lowest BCUT2D eigenvalue weighted by Crippen LogP contribution is -2.41. The number of nitrogens with zero attached hydrogens (tertiary/aromatic N) is 5. The van der Waals surface area contributed by atoms with E-state index in [-0.39, 0.29) is 6.10 Å². The number of aromatic nitrogens is 4. The second-order valence-corrected chi connectivity index (χ2v) is 6.91. The number of aliphatic imine (C=N–C) groups is 1. The maximum absolute atomic E-state index is 14.6. The van der Waals surface area contributed by atoms with E-state index in [1.54, 1.807) is 17.5 Å². The third kappa shape index (κ3) is 5.02. The molecule has 2 aromatic heterocycles. The van der Waals surface area contributed by atoms with Gasteiger partial charge in [0.15, 0.2) is 22.9 Å². The molecule has 0 spiro atoms. The molecule has 0 aliphatic carbocycles. The lowest BCUT2D eigenvalue weighted by molar-refractivity contribution is -0.252. The summed E-state index contributed by atoms with van der Waals surface area (Å²) >= 11 is 0. The van der Waals surface area contributed by atoms with Gasteiger partial charge in [-0.15, -0.1) is 10.2 Å². The molecule has 0 aliphatic heterocycles. The highest BCUT2D eigenvalue weighted by molar-refractivity contribution is 5.63. The molecular formula is C19H23F4N5O2. The van der Waals surface area contributed by atoms with E-state index in [0.29, 0.717) is 29.3 Å². The molecule has 0 aromatic carbocycles. The van der Waals surface area contributed by atoms with E-state index in [0.717, 1.165) is 19.9 Å². The van der Waals surface area contributed by atoms with Gasteiger partial charge in [-0.05, 0) is 53.0 Å². The van der Waals surface area contributed by atoms with Gasteiger partial charge < -0.3 is 9.47 Å². The van der Waals surface area contributed by atoms with Crippen molar-refractivity contribution in [3.63, 3.8) is 0 Å². The van der Waals surface area contributed by atoms with Crippen LogP contribution in [0.5, 0.6) is 0 Å². The summed E-state index contributed by atoms with van der Waals surface area (Å²) in [6.45, 7) is 10.3. The van der Waals surface area contributed by atoms with Crippen molar-refractivity contribution in [2.45, 2.75) is 52.5 Å². The molecule has 1 atom stereocenters. The largest absolute Gasteiger partial charge is 0.460 e. The lowest BCUT2D eigenvalue weighted by atomic mass is 10.1. The Morgan fingerprint density at radius 1 is 1.33 bits per heavy atom. The maximum atomic E-state index is 14.6. The predicted octanol–water partition coefficient (Wildman–Crippen LogP) is 4.82. The first kappa shape index (κ1) is 23.5. The van der Waals surface area contributed by atoms with Crippen molar-refractivity contribution in [1.29, 1.82) is 0 Å². The van der Waals surface area contributed by atoms with Crippen molar-refractivity contribution in [1.82, 2.24) is 19.6 Å². The van der Waals surface area contributed by atoms with Crippen LogP contribution in [0.25, 0.3) is 11.2 Å². The van der Waals surface area contributed by atoms with Crippen LogP contribution in [0.15, 0.2) is 35.2 Å². The van der Waals surface area contributed by atoms with E-state index in [1.165, 1.54) is 6.20 Å². The number of allylic oxidation sites excluding steroid dienone is 3. The molecule has 0 N–H and O–H groups in total. The van der Waals surface area contributed by atoms with Crippen LogP contribution in [-0.2, 0) is 9.47 Å². The highest BCUT2D eigenvalue weighted by atomic mass is 19.4. The first-order valence-corrected chi connectivity index (χ1v) is 9.04. The molecule has 0 unspecified atom stereocenters. The summed E-state index contributed by atoms with van der Waals surface area (Å²) in [5, 5.41) is 8.08. The molecule has 0 fully saturated rings. The zero-order valence-electron chi connectivity index (χ0n) is 17.3. The molecule has 0 bridgehead atoms. The van der Waals surface area contributed by atoms with Gasteiger partial charge in [-0.1, -0.05) is 0 Å². The number of hydrogen-bond acceptors (Lipinski definition) is 6. The molecule has 0 aliphatic rings. The summed E-state index contributed by atoms with van der Waals surface area (Å²) in [6, 6.07) is 0. The third-order valence-corrected chi connectivity index (χ3v) is 4.23. The van der Waals surface area contributed by atoms with Gasteiger partial charge in [-0.25, -0.2) is 9.38 Å². The van der Waals surface area contributed by atoms with Crippen LogP contribution < -0.4 is 0 Å². The Hall–Kier alpha value is -2.82. The Balaban J connectivity index is 2.41. The Morgan fingerprint density at radius 2 is 2.00 bits per heavy atom. The van der Waals surface area contributed by atoms with Crippen LogP contribution in [0.2, 0.25) is 0 Å². The monoisotopic (exact) mass is 429 g/mol. The summed E-state index contributed by atoms with van der Waals surface area (Å²) in [4.78, 5) is 7.45. The second-order valence-electron chi connectivity index (χ2n) is 6.91. The Kier molecular flexibility index (Phi) is 6.96. The van der Waals surface area contributed by atoms with Gasteiger partial charge in [0.25, 0.3) is 5.88 Å². The minimum absolute atomic E-state index is 0.313. The molecular weight excluding hydrogens is 406 g/mol. The molecule has 2 aromatic rings. The Bertz CT molecular complexity index is 979. The Morgan fingerprint density at radius 3 is 2.57 bits per heavy atom. The average molecular weight is 429 g/mol. The molecule has 2 heterocycles. The molecule has 30 heavy (non-hydrogen) atoms. The highest BCUT2D eigenvalue weighted by Crippen LogP contribution is 2.35. The number of ether oxygens (including phenoxy) is 2. The van der Waals surface area contributed by atoms with Crippen molar-refractivity contribution < 1.29 is 27.0 Å². The third-order valence-electron chi connectivity index (χ3n) is 4.23. The average Bonchev–Trinajstić information content (AvgIpc) is 3.08. The number of fused-ring (bicyclic) bond motifs is 1. The Labute approximate surface area is 171 Å². The minimum atomic E-state index is -4.73. The number of rotatable bonds is 8. The summed E-state index contributed by atoms with van der Waals surface area (Å²) in [6.07, 6.45) is -1.06. The van der Waals surface area contributed by atoms with Crippen molar-refractivity contribution in [3.8, 4) is 0 Å². The number of halogens is 4. The summed E-state index contributed by atoms with van der Waals surface area (Å²) < 4.78 is 65.5. The van der Waals surface area contributed by atoms with Crippen LogP contribution in [0.4, 0.5) is 17.6 Å². The minimum Gasteiger partial charge on any atom is -0.460 e. The van der Waals surface area contributed by atoms with E-state index < -0.39 is 23.5 Å². The smallest absolute Gasteiger partial charge is 0.427 e. The van der Waals surface area contributed by atoms with Crippen molar-refractivity contribution in [2.24, 2.45) is 4.99 Å². The van der Waals surface area contributed by atoms with E-state index in [9.17, 15) is 17.6 Å². The maximum Gasteiger partial charge on any atom is 0.427 e. The molecule has 0 saturated heterocycles. The second kappa shape index (κ2) is 8.90. The zero-order chi connectivity index (χ0) is 22.7. The fourth-order valence-electron chi connectivity index (χ4n) is 2.41. The standard InChI is InChI=1S/C19H23F4N5O2/c1-7-29-12(3)16-27-26-15-9-25-14(10-28(15)16)11(2)8-13(20)17(24-6)30-18(4,5)19(21,22)23/h8-10,12H,6-7H2,1-5H3/b11-8+,17-13-/t12-/m0/s1. The summed E-state index contributed by atoms with van der Waals surface area (Å²) in [5.74, 6) is -1.45. The molecule has 0 saturated carbocycles. The first-order valence-electron chi connectivity index (χ1n) is 9.04. The van der Waals surface area contributed by atoms with E-state index in [1.807, 2.05) is 13.8 Å². The molecule has 0 radical (unpaired) electrons. The fourth-order valence-corrected chi connectivity index (χ4v) is 2.41. The number of alkyl halides is 3. The van der Waals surface area contributed by atoms with Gasteiger partial charge in [0.1, 0.15) is 6.10 Å². The van der Waals surface area contributed by atoms with Crippen LogP contribution >= 0.6 is 0 Å². The quantitative estimate of drug-likeness (QED) is 0.260. The fraction of sp³-hybridized carbons (Fsp3) is 0.474. The van der Waals surface area contributed by atoms with Crippen LogP contribution in [0.1, 0.15) is 52.2 Å². The zero-order valence-corrected chi connectivity index (χ0v) is 17.3. The molecule has 164 valence electrons. The van der Waals surface area contributed by atoms with Crippen LogP contribution in [-0.4, -0.2) is 44.7 Å². The van der Waals surface area contributed by atoms with Crippen LogP contribution in [0, 0.1) is 0 Å². The normalized spacial score (nSPS) is 15.2. The van der Waals surface area contributed by atoms with E-state index >= 15 is 0 Å². The van der Waals surface area contributed by atoms with Gasteiger partial charge in [-0.3, -0.25) is 9.38 Å². The molecule has 2 rings (SSSR count).